The summed E-state index contributed by atoms with van der Waals surface area (Å²) in [5.41, 5.74) is 0.677. The molecule has 0 aliphatic carbocycles. The average molecular weight is 420 g/mol. The van der Waals surface area contributed by atoms with Crippen molar-refractivity contribution in [1.82, 2.24) is 10.0 Å². The molecule has 2 aromatic rings. The van der Waals surface area contributed by atoms with E-state index in [4.69, 9.17) is 0 Å². The van der Waals surface area contributed by atoms with E-state index in [0.29, 0.717) is 5.56 Å². The number of rotatable bonds is 8. The minimum atomic E-state index is -4.88. The molecule has 0 fully saturated rings. The van der Waals surface area contributed by atoms with Gasteiger partial charge in [0.05, 0.1) is 4.90 Å². The van der Waals surface area contributed by atoms with Crippen molar-refractivity contribution in [3.8, 4) is 5.75 Å². The summed E-state index contributed by atoms with van der Waals surface area (Å²) < 4.78 is 79.1. The Morgan fingerprint density at radius 2 is 1.61 bits per heavy atom. The van der Waals surface area contributed by atoms with Crippen molar-refractivity contribution in [3.05, 3.63) is 59.9 Å². The molecule has 0 atom stereocenters. The molecular formula is C17H16F4N2O4S. The van der Waals surface area contributed by atoms with Gasteiger partial charge in [0.2, 0.25) is 15.9 Å². The zero-order valence-corrected chi connectivity index (χ0v) is 15.1. The third-order valence-electron chi connectivity index (χ3n) is 3.41. The number of nitrogens with one attached hydrogen (secondary N) is 2. The lowest BCUT2D eigenvalue weighted by atomic mass is 10.2. The van der Waals surface area contributed by atoms with E-state index in [9.17, 15) is 30.8 Å². The van der Waals surface area contributed by atoms with Gasteiger partial charge >= 0.3 is 6.36 Å². The van der Waals surface area contributed by atoms with Crippen molar-refractivity contribution in [2.45, 2.75) is 24.2 Å². The SMILES string of the molecule is O=C(CCNS(=O)(=O)c1ccc(OC(F)(F)F)cc1)NCc1ccc(F)cc1. The van der Waals surface area contributed by atoms with E-state index in [1.54, 1.807) is 0 Å². The molecule has 6 nitrogen and oxygen atoms in total. The van der Waals surface area contributed by atoms with E-state index in [1.807, 2.05) is 0 Å². The summed E-state index contributed by atoms with van der Waals surface area (Å²) in [5.74, 6) is -1.38. The van der Waals surface area contributed by atoms with Crippen LogP contribution in [0.4, 0.5) is 17.6 Å². The smallest absolute Gasteiger partial charge is 0.406 e. The Bertz CT molecular complexity index is 898. The van der Waals surface area contributed by atoms with Crippen LogP contribution in [-0.2, 0) is 21.4 Å². The standard InChI is InChI=1S/C17H16F4N2O4S/c18-13-3-1-12(2-4-13)11-22-16(24)9-10-23-28(25,26)15-7-5-14(6-8-15)27-17(19,20)21/h1-8,23H,9-11H2,(H,22,24). The molecule has 0 aromatic heterocycles. The lowest BCUT2D eigenvalue weighted by Crippen LogP contribution is -2.30. The van der Waals surface area contributed by atoms with Crippen molar-refractivity contribution in [3.63, 3.8) is 0 Å². The molecule has 28 heavy (non-hydrogen) atoms. The quantitative estimate of drug-likeness (QED) is 0.644. The summed E-state index contributed by atoms with van der Waals surface area (Å²) in [4.78, 5) is 11.5. The molecular weight excluding hydrogens is 404 g/mol. The van der Waals surface area contributed by atoms with Crippen LogP contribution >= 0.6 is 0 Å². The van der Waals surface area contributed by atoms with Crippen LogP contribution in [0.3, 0.4) is 0 Å². The van der Waals surface area contributed by atoms with Gasteiger partial charge in [0.1, 0.15) is 11.6 Å². The van der Waals surface area contributed by atoms with Gasteiger partial charge in [0.25, 0.3) is 0 Å². The number of carbonyl (C=O) groups excluding carboxylic acids is 1. The number of halogens is 4. The van der Waals surface area contributed by atoms with Crippen molar-refractivity contribution in [1.29, 1.82) is 0 Å². The van der Waals surface area contributed by atoms with Crippen LogP contribution in [0.2, 0.25) is 0 Å². The molecule has 0 saturated heterocycles. The Morgan fingerprint density at radius 3 is 2.18 bits per heavy atom. The van der Waals surface area contributed by atoms with E-state index in [-0.39, 0.29) is 24.4 Å². The van der Waals surface area contributed by atoms with Crippen LogP contribution in [0.25, 0.3) is 0 Å². The Morgan fingerprint density at radius 1 is 1.00 bits per heavy atom. The zero-order valence-electron chi connectivity index (χ0n) is 14.3. The Kier molecular flexibility index (Phi) is 6.97. The molecule has 0 unspecified atom stereocenters. The second-order valence-corrected chi connectivity index (χ2v) is 7.34. The van der Waals surface area contributed by atoms with Gasteiger partial charge in [0.15, 0.2) is 0 Å². The summed E-state index contributed by atoms with van der Waals surface area (Å²) >= 11 is 0. The predicted octanol–water partition coefficient (Wildman–Crippen LogP) is 2.71. The Balaban J connectivity index is 1.80. The second-order valence-electron chi connectivity index (χ2n) is 5.57. The summed E-state index contributed by atoms with van der Waals surface area (Å²) in [5, 5.41) is 2.55. The second kappa shape index (κ2) is 9.02. The number of benzene rings is 2. The van der Waals surface area contributed by atoms with E-state index >= 15 is 0 Å². The molecule has 0 saturated carbocycles. The Hall–Kier alpha value is -2.66. The van der Waals surface area contributed by atoms with Crippen LogP contribution in [0, 0.1) is 5.82 Å². The topological polar surface area (TPSA) is 84.5 Å². The first-order valence-corrected chi connectivity index (χ1v) is 9.40. The summed E-state index contributed by atoms with van der Waals surface area (Å²) in [6.07, 6.45) is -5.03. The average Bonchev–Trinajstić information content (AvgIpc) is 2.60. The van der Waals surface area contributed by atoms with E-state index in [1.165, 1.54) is 24.3 Å². The van der Waals surface area contributed by atoms with E-state index in [2.05, 4.69) is 14.8 Å². The molecule has 2 N–H and O–H groups in total. The number of amides is 1. The number of alkyl halides is 3. The number of hydrogen-bond acceptors (Lipinski definition) is 4. The molecule has 0 aliphatic rings. The van der Waals surface area contributed by atoms with Gasteiger partial charge in [0, 0.05) is 19.5 Å². The number of ether oxygens (including phenoxy) is 1. The largest absolute Gasteiger partial charge is 0.573 e. The van der Waals surface area contributed by atoms with Crippen LogP contribution in [-0.4, -0.2) is 27.2 Å². The fourth-order valence-corrected chi connectivity index (χ4v) is 3.13. The monoisotopic (exact) mass is 420 g/mol. The maximum Gasteiger partial charge on any atom is 0.573 e. The highest BCUT2D eigenvalue weighted by molar-refractivity contribution is 7.89. The zero-order chi connectivity index (χ0) is 20.8. The normalized spacial score (nSPS) is 11.9. The molecule has 2 aromatic carbocycles. The molecule has 0 heterocycles. The Labute approximate surface area is 158 Å². The summed E-state index contributed by atoms with van der Waals surface area (Å²) in [6, 6.07) is 9.17. The maximum atomic E-state index is 12.8. The molecule has 2 rings (SSSR count). The number of hydrogen-bond donors (Lipinski definition) is 2. The first-order chi connectivity index (χ1) is 13.0. The first kappa shape index (κ1) is 21.6. The van der Waals surface area contributed by atoms with E-state index < -0.39 is 33.9 Å². The lowest BCUT2D eigenvalue weighted by Gasteiger charge is -2.10. The fraction of sp³-hybridized carbons (Fsp3) is 0.235. The maximum absolute atomic E-state index is 12.8. The molecule has 152 valence electrons. The minimum Gasteiger partial charge on any atom is -0.406 e. The van der Waals surface area contributed by atoms with Gasteiger partial charge in [-0.2, -0.15) is 0 Å². The van der Waals surface area contributed by atoms with Gasteiger partial charge < -0.3 is 10.1 Å². The highest BCUT2D eigenvalue weighted by Crippen LogP contribution is 2.23. The summed E-state index contributed by atoms with van der Waals surface area (Å²) in [6.45, 7) is -0.0507. The number of sulfonamides is 1. The first-order valence-electron chi connectivity index (χ1n) is 7.92. The van der Waals surface area contributed by atoms with Gasteiger partial charge in [-0.05, 0) is 42.0 Å². The summed E-state index contributed by atoms with van der Waals surface area (Å²) in [7, 11) is -4.00. The van der Waals surface area contributed by atoms with Crippen LogP contribution in [0.5, 0.6) is 5.75 Å². The van der Waals surface area contributed by atoms with Crippen molar-refractivity contribution in [2.24, 2.45) is 0 Å². The third-order valence-corrected chi connectivity index (χ3v) is 4.89. The van der Waals surface area contributed by atoms with Gasteiger partial charge in [-0.1, -0.05) is 12.1 Å². The molecule has 11 heteroatoms. The van der Waals surface area contributed by atoms with Crippen molar-refractivity contribution >= 4 is 15.9 Å². The number of carbonyl (C=O) groups is 1. The van der Waals surface area contributed by atoms with Gasteiger partial charge in [-0.3, -0.25) is 4.79 Å². The molecule has 0 radical (unpaired) electrons. The van der Waals surface area contributed by atoms with Gasteiger partial charge in [-0.15, -0.1) is 13.2 Å². The van der Waals surface area contributed by atoms with Crippen LogP contribution < -0.4 is 14.8 Å². The third kappa shape index (κ3) is 7.16. The van der Waals surface area contributed by atoms with Crippen LogP contribution in [0.15, 0.2) is 53.4 Å². The van der Waals surface area contributed by atoms with Crippen LogP contribution in [0.1, 0.15) is 12.0 Å². The molecule has 0 aliphatic heterocycles. The van der Waals surface area contributed by atoms with Crippen molar-refractivity contribution in [2.75, 3.05) is 6.54 Å². The molecule has 0 spiro atoms. The fourth-order valence-electron chi connectivity index (χ4n) is 2.09. The lowest BCUT2D eigenvalue weighted by molar-refractivity contribution is -0.274. The molecule has 0 bridgehead atoms. The minimum absolute atomic E-state index is 0.157. The van der Waals surface area contributed by atoms with E-state index in [0.717, 1.165) is 24.3 Å². The highest BCUT2D eigenvalue weighted by atomic mass is 32.2. The highest BCUT2D eigenvalue weighted by Gasteiger charge is 2.31. The predicted molar refractivity (Wildman–Crippen MR) is 91.2 cm³/mol. The van der Waals surface area contributed by atoms with Gasteiger partial charge in [-0.25, -0.2) is 17.5 Å². The van der Waals surface area contributed by atoms with Crippen molar-refractivity contribution < 1.29 is 35.5 Å². The molecule has 1 amide bonds.